The number of nitrogens with zero attached hydrogens (tertiary/aromatic N) is 4. The SMILES string of the molecule is COc1cc(-c2cnn(C)c2)cn2ncc(NC(=O)C3CC3)c12. The number of methoxy groups -OCH3 is 1. The van der Waals surface area contributed by atoms with E-state index in [0.717, 1.165) is 29.5 Å². The number of anilines is 1. The van der Waals surface area contributed by atoms with Crippen molar-refractivity contribution in [2.45, 2.75) is 12.8 Å². The average Bonchev–Trinajstić information content (AvgIpc) is 3.20. The average molecular weight is 311 g/mol. The van der Waals surface area contributed by atoms with Crippen LogP contribution in [0.4, 0.5) is 5.69 Å². The van der Waals surface area contributed by atoms with Crippen molar-refractivity contribution in [2.75, 3.05) is 12.4 Å². The normalized spacial score (nSPS) is 14.2. The number of carbonyl (C=O) groups is 1. The maximum Gasteiger partial charge on any atom is 0.227 e. The number of hydrogen-bond donors (Lipinski definition) is 1. The maximum atomic E-state index is 12.0. The number of aromatic nitrogens is 4. The van der Waals surface area contributed by atoms with Gasteiger partial charge in [0.15, 0.2) is 0 Å². The summed E-state index contributed by atoms with van der Waals surface area (Å²) in [6.45, 7) is 0. The van der Waals surface area contributed by atoms with Crippen LogP contribution in [-0.4, -0.2) is 32.4 Å². The Morgan fingerprint density at radius 1 is 1.26 bits per heavy atom. The van der Waals surface area contributed by atoms with Crippen molar-refractivity contribution in [1.82, 2.24) is 19.4 Å². The van der Waals surface area contributed by atoms with Gasteiger partial charge >= 0.3 is 0 Å². The number of hydrogen-bond acceptors (Lipinski definition) is 4. The first kappa shape index (κ1) is 13.8. The molecule has 1 N–H and O–H groups in total. The second-order valence-corrected chi connectivity index (χ2v) is 5.81. The largest absolute Gasteiger partial charge is 0.494 e. The Morgan fingerprint density at radius 2 is 2.09 bits per heavy atom. The summed E-state index contributed by atoms with van der Waals surface area (Å²) < 4.78 is 8.99. The topological polar surface area (TPSA) is 73.5 Å². The summed E-state index contributed by atoms with van der Waals surface area (Å²) in [4.78, 5) is 12.0. The summed E-state index contributed by atoms with van der Waals surface area (Å²) in [6.07, 6.45) is 9.22. The predicted molar refractivity (Wildman–Crippen MR) is 85.3 cm³/mol. The van der Waals surface area contributed by atoms with E-state index in [4.69, 9.17) is 4.74 Å². The van der Waals surface area contributed by atoms with Crippen molar-refractivity contribution < 1.29 is 9.53 Å². The van der Waals surface area contributed by atoms with E-state index in [9.17, 15) is 4.79 Å². The van der Waals surface area contributed by atoms with Crippen molar-refractivity contribution in [2.24, 2.45) is 13.0 Å². The van der Waals surface area contributed by atoms with Gasteiger partial charge in [0, 0.05) is 36.5 Å². The molecule has 1 fully saturated rings. The molecule has 7 heteroatoms. The van der Waals surface area contributed by atoms with E-state index in [1.54, 1.807) is 28.7 Å². The lowest BCUT2D eigenvalue weighted by atomic mass is 10.1. The van der Waals surface area contributed by atoms with E-state index < -0.39 is 0 Å². The first-order valence-corrected chi connectivity index (χ1v) is 7.51. The van der Waals surface area contributed by atoms with Crippen LogP contribution in [-0.2, 0) is 11.8 Å². The van der Waals surface area contributed by atoms with E-state index in [2.05, 4.69) is 15.5 Å². The van der Waals surface area contributed by atoms with E-state index >= 15 is 0 Å². The highest BCUT2D eigenvalue weighted by atomic mass is 16.5. The lowest BCUT2D eigenvalue weighted by molar-refractivity contribution is -0.117. The summed E-state index contributed by atoms with van der Waals surface area (Å²) in [5.74, 6) is 0.860. The number of rotatable bonds is 4. The molecule has 0 atom stereocenters. The highest BCUT2D eigenvalue weighted by Crippen LogP contribution is 2.34. The minimum absolute atomic E-state index is 0.0540. The van der Waals surface area contributed by atoms with Crippen LogP contribution in [0, 0.1) is 5.92 Å². The van der Waals surface area contributed by atoms with Gasteiger partial charge in [-0.05, 0) is 18.9 Å². The summed E-state index contributed by atoms with van der Waals surface area (Å²) in [5, 5.41) is 11.5. The number of aryl methyl sites for hydroxylation is 1. The van der Waals surface area contributed by atoms with Crippen molar-refractivity contribution in [3.63, 3.8) is 0 Å². The van der Waals surface area contributed by atoms with Crippen molar-refractivity contribution in [3.8, 4) is 16.9 Å². The quantitative estimate of drug-likeness (QED) is 0.800. The van der Waals surface area contributed by atoms with E-state index in [1.807, 2.05) is 25.5 Å². The predicted octanol–water partition coefficient (Wildman–Crippen LogP) is 2.09. The zero-order valence-electron chi connectivity index (χ0n) is 13.0. The highest BCUT2D eigenvalue weighted by molar-refractivity contribution is 5.99. The molecule has 0 aliphatic heterocycles. The molecule has 3 heterocycles. The third-order valence-electron chi connectivity index (χ3n) is 4.04. The summed E-state index contributed by atoms with van der Waals surface area (Å²) >= 11 is 0. The molecule has 1 saturated carbocycles. The third-order valence-corrected chi connectivity index (χ3v) is 4.04. The van der Waals surface area contributed by atoms with E-state index in [-0.39, 0.29) is 11.8 Å². The number of fused-ring (bicyclic) bond motifs is 1. The van der Waals surface area contributed by atoms with E-state index in [1.165, 1.54) is 0 Å². The molecular formula is C16H17N5O2. The van der Waals surface area contributed by atoms with Crippen LogP contribution < -0.4 is 10.1 Å². The van der Waals surface area contributed by atoms with Crippen LogP contribution in [0.1, 0.15) is 12.8 Å². The van der Waals surface area contributed by atoms with Crippen LogP contribution in [0.2, 0.25) is 0 Å². The van der Waals surface area contributed by atoms with Crippen LogP contribution in [0.3, 0.4) is 0 Å². The van der Waals surface area contributed by atoms with Gasteiger partial charge in [-0.1, -0.05) is 0 Å². The van der Waals surface area contributed by atoms with Gasteiger partial charge in [-0.15, -0.1) is 0 Å². The molecule has 3 aromatic rings. The van der Waals surface area contributed by atoms with Gasteiger partial charge < -0.3 is 10.1 Å². The molecule has 1 amide bonds. The summed E-state index contributed by atoms with van der Waals surface area (Å²) in [5.41, 5.74) is 3.36. The highest BCUT2D eigenvalue weighted by Gasteiger charge is 2.30. The molecule has 0 radical (unpaired) electrons. The Bertz CT molecular complexity index is 891. The number of pyridine rings is 1. The Balaban J connectivity index is 1.78. The summed E-state index contributed by atoms with van der Waals surface area (Å²) in [7, 11) is 3.49. The van der Waals surface area contributed by atoms with Gasteiger partial charge in [0.05, 0.1) is 25.2 Å². The van der Waals surface area contributed by atoms with Gasteiger partial charge in [-0.3, -0.25) is 9.48 Å². The van der Waals surface area contributed by atoms with Crippen LogP contribution in [0.5, 0.6) is 5.75 Å². The molecule has 1 aliphatic carbocycles. The molecule has 7 nitrogen and oxygen atoms in total. The van der Waals surface area contributed by atoms with Crippen LogP contribution in [0.25, 0.3) is 16.6 Å². The molecule has 23 heavy (non-hydrogen) atoms. The number of ether oxygens (including phenoxy) is 1. The number of carbonyl (C=O) groups excluding carboxylic acids is 1. The lowest BCUT2D eigenvalue weighted by Crippen LogP contribution is -2.13. The molecule has 0 aromatic carbocycles. The molecule has 0 bridgehead atoms. The molecule has 3 aromatic heterocycles. The number of nitrogens with one attached hydrogen (secondary N) is 1. The van der Waals surface area contributed by atoms with Crippen molar-refractivity contribution in [1.29, 1.82) is 0 Å². The second-order valence-electron chi connectivity index (χ2n) is 5.81. The first-order valence-electron chi connectivity index (χ1n) is 7.51. The fourth-order valence-corrected chi connectivity index (χ4v) is 2.64. The van der Waals surface area contributed by atoms with E-state index in [0.29, 0.717) is 11.4 Å². The Hall–Kier alpha value is -2.83. The Labute approximate surface area is 132 Å². The van der Waals surface area contributed by atoms with Gasteiger partial charge in [0.2, 0.25) is 5.91 Å². The maximum absolute atomic E-state index is 12.0. The minimum atomic E-state index is 0.0540. The third kappa shape index (κ3) is 2.44. The lowest BCUT2D eigenvalue weighted by Gasteiger charge is -2.08. The zero-order chi connectivity index (χ0) is 16.0. The number of amides is 1. The molecule has 0 saturated heterocycles. The van der Waals surface area contributed by atoms with Gasteiger partial charge in [0.1, 0.15) is 11.3 Å². The standard InChI is InChI=1S/C16H17N5O2/c1-20-8-12(6-17-20)11-5-14(23-2)15-13(7-18-21(15)9-11)19-16(22)10-3-4-10/h5-10H,3-4H2,1-2H3,(H,19,22). The van der Waals surface area contributed by atoms with Gasteiger partial charge in [0.25, 0.3) is 0 Å². The Morgan fingerprint density at radius 3 is 2.74 bits per heavy atom. The zero-order valence-corrected chi connectivity index (χ0v) is 13.0. The molecule has 0 spiro atoms. The smallest absolute Gasteiger partial charge is 0.227 e. The minimum Gasteiger partial charge on any atom is -0.494 e. The first-order chi connectivity index (χ1) is 11.2. The van der Waals surface area contributed by atoms with Gasteiger partial charge in [-0.25, -0.2) is 4.52 Å². The molecule has 118 valence electrons. The fourth-order valence-electron chi connectivity index (χ4n) is 2.64. The molecular weight excluding hydrogens is 294 g/mol. The van der Waals surface area contributed by atoms with Crippen LogP contribution >= 0.6 is 0 Å². The Kier molecular flexibility index (Phi) is 3.07. The summed E-state index contributed by atoms with van der Waals surface area (Å²) in [6, 6.07) is 1.93. The second kappa shape index (κ2) is 5.12. The molecule has 4 rings (SSSR count). The molecule has 1 aliphatic rings. The monoisotopic (exact) mass is 311 g/mol. The van der Waals surface area contributed by atoms with Gasteiger partial charge in [-0.2, -0.15) is 10.2 Å². The molecule has 0 unspecified atom stereocenters. The van der Waals surface area contributed by atoms with Crippen molar-refractivity contribution in [3.05, 3.63) is 30.9 Å². The van der Waals surface area contributed by atoms with Crippen molar-refractivity contribution >= 4 is 17.1 Å². The van der Waals surface area contributed by atoms with Crippen LogP contribution in [0.15, 0.2) is 30.9 Å². The fraction of sp³-hybridized carbons (Fsp3) is 0.312.